The monoisotopic (exact) mass is 437 g/mol. The average molecular weight is 437 g/mol. The summed E-state index contributed by atoms with van der Waals surface area (Å²) in [4.78, 5) is 29.2. The van der Waals surface area contributed by atoms with Gasteiger partial charge in [-0.3, -0.25) is 9.59 Å². The van der Waals surface area contributed by atoms with E-state index >= 15 is 0 Å². The van der Waals surface area contributed by atoms with Crippen LogP contribution in [0.5, 0.6) is 11.6 Å². The van der Waals surface area contributed by atoms with Crippen molar-refractivity contribution in [2.75, 3.05) is 24.6 Å². The normalized spacial score (nSPS) is 13.7. The Kier molecular flexibility index (Phi) is 6.79. The number of halogens is 3. The summed E-state index contributed by atoms with van der Waals surface area (Å²) >= 11 is 0. The molecule has 166 valence electrons. The number of hydrogen-bond donors (Lipinski definition) is 1. The van der Waals surface area contributed by atoms with Crippen molar-refractivity contribution in [3.05, 3.63) is 47.2 Å². The number of amides is 1. The number of aromatic nitrogens is 1. The Morgan fingerprint density at radius 3 is 2.71 bits per heavy atom. The summed E-state index contributed by atoms with van der Waals surface area (Å²) < 4.78 is 50.4. The highest BCUT2D eigenvalue weighted by Gasteiger charge is 2.34. The van der Waals surface area contributed by atoms with Crippen LogP contribution in [-0.2, 0) is 33.3 Å². The quantitative estimate of drug-likeness (QED) is 0.669. The van der Waals surface area contributed by atoms with E-state index in [2.05, 4.69) is 4.98 Å². The number of pyridine rings is 1. The number of carbonyl (C=O) groups is 2. The first-order chi connectivity index (χ1) is 14.7. The standard InChI is InChI=1S/C21H22F3N3O4/c1-2-30-20(29)12-27-15-4-3-5-16(14(15)6-7-19(27)28)31-18-11-13(8-9-25)10-17(26-18)21(22,23)24/h3-5,10-11H,2,6-9,12,25H2,1H3. The SMILES string of the molecule is CCOC(=O)CN1C(=O)CCc2c(Oc3cc(CCN)cc(C(F)(F)F)n3)cccc21. The molecule has 7 nitrogen and oxygen atoms in total. The molecule has 0 aliphatic carbocycles. The van der Waals surface area contributed by atoms with E-state index < -0.39 is 17.8 Å². The van der Waals surface area contributed by atoms with Crippen LogP contribution in [0, 0.1) is 0 Å². The van der Waals surface area contributed by atoms with Crippen LogP contribution in [0.1, 0.15) is 30.2 Å². The average Bonchev–Trinajstić information content (AvgIpc) is 2.70. The minimum absolute atomic E-state index is 0.126. The first-order valence-corrected chi connectivity index (χ1v) is 9.77. The molecule has 0 spiro atoms. The summed E-state index contributed by atoms with van der Waals surface area (Å²) in [6, 6.07) is 7.19. The molecule has 10 heteroatoms. The van der Waals surface area contributed by atoms with Crippen molar-refractivity contribution in [1.29, 1.82) is 0 Å². The molecule has 0 saturated carbocycles. The van der Waals surface area contributed by atoms with Gasteiger partial charge in [-0.1, -0.05) is 6.07 Å². The zero-order valence-electron chi connectivity index (χ0n) is 16.9. The molecule has 3 rings (SSSR count). The highest BCUT2D eigenvalue weighted by atomic mass is 19.4. The first kappa shape index (κ1) is 22.5. The fraction of sp³-hybridized carbons (Fsp3) is 0.381. The Morgan fingerprint density at radius 1 is 1.26 bits per heavy atom. The molecule has 31 heavy (non-hydrogen) atoms. The maximum atomic E-state index is 13.2. The van der Waals surface area contributed by atoms with Gasteiger partial charge in [0.25, 0.3) is 0 Å². The number of nitrogens with two attached hydrogens (primary N) is 1. The minimum atomic E-state index is -4.64. The predicted octanol–water partition coefficient (Wildman–Crippen LogP) is 3.24. The Morgan fingerprint density at radius 2 is 2.03 bits per heavy atom. The fourth-order valence-corrected chi connectivity index (χ4v) is 3.34. The van der Waals surface area contributed by atoms with Gasteiger partial charge in [0, 0.05) is 18.1 Å². The van der Waals surface area contributed by atoms with Gasteiger partial charge in [0.05, 0.1) is 12.3 Å². The Hall–Kier alpha value is -3.14. The maximum absolute atomic E-state index is 13.2. The summed E-state index contributed by atoms with van der Waals surface area (Å²) in [7, 11) is 0. The number of rotatable bonds is 7. The van der Waals surface area contributed by atoms with Crippen LogP contribution in [0.3, 0.4) is 0 Å². The molecule has 0 unspecified atom stereocenters. The van der Waals surface area contributed by atoms with Crippen molar-refractivity contribution in [2.24, 2.45) is 5.73 Å². The van der Waals surface area contributed by atoms with Gasteiger partial charge in [-0.2, -0.15) is 13.2 Å². The molecule has 0 atom stereocenters. The molecule has 0 saturated heterocycles. The molecule has 1 aliphatic heterocycles. The van der Waals surface area contributed by atoms with E-state index in [9.17, 15) is 22.8 Å². The molecule has 0 radical (unpaired) electrons. The predicted molar refractivity (Wildman–Crippen MR) is 106 cm³/mol. The first-order valence-electron chi connectivity index (χ1n) is 9.77. The van der Waals surface area contributed by atoms with Crippen LogP contribution in [0.4, 0.5) is 18.9 Å². The van der Waals surface area contributed by atoms with Gasteiger partial charge in [0.15, 0.2) is 0 Å². The molecule has 2 aromatic rings. The van der Waals surface area contributed by atoms with Gasteiger partial charge >= 0.3 is 12.1 Å². The number of alkyl halides is 3. The van der Waals surface area contributed by atoms with Gasteiger partial charge in [-0.15, -0.1) is 0 Å². The third-order valence-electron chi connectivity index (χ3n) is 4.68. The van der Waals surface area contributed by atoms with E-state index in [-0.39, 0.29) is 50.1 Å². The number of nitrogens with zero attached hydrogens (tertiary/aromatic N) is 2. The van der Waals surface area contributed by atoms with E-state index in [1.807, 2.05) is 0 Å². The van der Waals surface area contributed by atoms with E-state index in [1.165, 1.54) is 11.0 Å². The lowest BCUT2D eigenvalue weighted by Gasteiger charge is -2.29. The largest absolute Gasteiger partial charge is 0.465 e. The molecule has 1 aromatic carbocycles. The Balaban J connectivity index is 1.95. The molecule has 1 amide bonds. The van der Waals surface area contributed by atoms with E-state index in [0.717, 1.165) is 6.07 Å². The smallest absolute Gasteiger partial charge is 0.433 e. The van der Waals surface area contributed by atoms with Crippen LogP contribution in [-0.4, -0.2) is 36.6 Å². The lowest BCUT2D eigenvalue weighted by atomic mass is 10.00. The zero-order chi connectivity index (χ0) is 22.6. The van der Waals surface area contributed by atoms with Gasteiger partial charge in [-0.25, -0.2) is 4.98 Å². The van der Waals surface area contributed by atoms with Crippen molar-refractivity contribution >= 4 is 17.6 Å². The number of anilines is 1. The molecule has 2 heterocycles. The maximum Gasteiger partial charge on any atom is 0.433 e. The molecular weight excluding hydrogens is 415 g/mol. The van der Waals surface area contributed by atoms with Gasteiger partial charge < -0.3 is 20.1 Å². The van der Waals surface area contributed by atoms with E-state index in [0.29, 0.717) is 23.2 Å². The fourth-order valence-electron chi connectivity index (χ4n) is 3.34. The van der Waals surface area contributed by atoms with Crippen LogP contribution < -0.4 is 15.4 Å². The van der Waals surface area contributed by atoms with Gasteiger partial charge in [-0.05, 0) is 50.1 Å². The molecule has 1 aromatic heterocycles. The van der Waals surface area contributed by atoms with Crippen molar-refractivity contribution in [3.63, 3.8) is 0 Å². The highest BCUT2D eigenvalue weighted by Crippen LogP contribution is 2.37. The van der Waals surface area contributed by atoms with E-state index in [4.69, 9.17) is 15.2 Å². The molecular formula is C21H22F3N3O4. The summed E-state index contributed by atoms with van der Waals surface area (Å²) in [5, 5.41) is 0. The lowest BCUT2D eigenvalue weighted by Crippen LogP contribution is -2.39. The molecule has 2 N–H and O–H groups in total. The molecule has 0 bridgehead atoms. The topological polar surface area (TPSA) is 94.8 Å². The van der Waals surface area contributed by atoms with Crippen molar-refractivity contribution in [3.8, 4) is 11.6 Å². The molecule has 1 aliphatic rings. The third kappa shape index (κ3) is 5.32. The van der Waals surface area contributed by atoms with E-state index in [1.54, 1.807) is 25.1 Å². The summed E-state index contributed by atoms with van der Waals surface area (Å²) in [5.41, 5.74) is 5.82. The van der Waals surface area contributed by atoms with Crippen LogP contribution in [0.25, 0.3) is 0 Å². The van der Waals surface area contributed by atoms with Crippen LogP contribution in [0.2, 0.25) is 0 Å². The van der Waals surface area contributed by atoms with Gasteiger partial charge in [0.2, 0.25) is 11.8 Å². The Labute approximate surface area is 176 Å². The second-order valence-corrected chi connectivity index (χ2v) is 6.88. The van der Waals surface area contributed by atoms with Crippen molar-refractivity contribution in [2.45, 2.75) is 32.4 Å². The zero-order valence-corrected chi connectivity index (χ0v) is 16.9. The number of fused-ring (bicyclic) bond motifs is 1. The second-order valence-electron chi connectivity index (χ2n) is 6.88. The highest BCUT2D eigenvalue weighted by molar-refractivity contribution is 6.00. The number of hydrogen-bond acceptors (Lipinski definition) is 6. The lowest BCUT2D eigenvalue weighted by molar-refractivity contribution is -0.142. The van der Waals surface area contributed by atoms with Crippen LogP contribution >= 0.6 is 0 Å². The van der Waals surface area contributed by atoms with Crippen molar-refractivity contribution < 1.29 is 32.2 Å². The summed E-state index contributed by atoms with van der Waals surface area (Å²) in [6.45, 7) is 1.76. The third-order valence-corrected chi connectivity index (χ3v) is 4.68. The minimum Gasteiger partial charge on any atom is -0.465 e. The molecule has 0 fully saturated rings. The number of benzene rings is 1. The number of ether oxygens (including phenoxy) is 2. The Bertz CT molecular complexity index is 979. The number of carbonyl (C=O) groups excluding carboxylic acids is 2. The van der Waals surface area contributed by atoms with Crippen molar-refractivity contribution in [1.82, 2.24) is 4.98 Å². The summed E-state index contributed by atoms with van der Waals surface area (Å²) in [6.07, 6.45) is -3.96. The number of esters is 1. The van der Waals surface area contributed by atoms with Crippen LogP contribution in [0.15, 0.2) is 30.3 Å². The summed E-state index contributed by atoms with van der Waals surface area (Å²) in [5.74, 6) is -0.758. The second kappa shape index (κ2) is 9.34. The van der Waals surface area contributed by atoms with Gasteiger partial charge in [0.1, 0.15) is 18.0 Å².